The number of hydrogen-bond donors (Lipinski definition) is 1. The molecule has 0 bridgehead atoms. The first kappa shape index (κ1) is 9.85. The largest absolute Gasteiger partial charge is 0.411 e. The second kappa shape index (κ2) is 4.13. The number of nitrogens with zero attached hydrogens (tertiary/aromatic N) is 2. The van der Waals surface area contributed by atoms with Gasteiger partial charge in [0.15, 0.2) is 0 Å². The number of carbonyl (C=O) groups is 1. The topological polar surface area (TPSA) is 92.8 Å². The molecule has 0 saturated carbocycles. The Labute approximate surface area is 78.6 Å². The summed E-state index contributed by atoms with van der Waals surface area (Å²) >= 11 is 0. The first-order valence-electron chi connectivity index (χ1n) is 3.61. The summed E-state index contributed by atoms with van der Waals surface area (Å²) in [5.41, 5.74) is 0.135. The van der Waals surface area contributed by atoms with E-state index < -0.39 is 10.7 Å². The van der Waals surface area contributed by atoms with E-state index >= 15 is 0 Å². The summed E-state index contributed by atoms with van der Waals surface area (Å²) in [7, 11) is 0. The molecule has 0 unspecified atom stereocenters. The van der Waals surface area contributed by atoms with Crippen LogP contribution in [0.5, 0.6) is 0 Å². The quantitative estimate of drug-likeness (QED) is 0.257. The lowest BCUT2D eigenvalue weighted by Gasteiger charge is -1.93. The van der Waals surface area contributed by atoms with Crippen molar-refractivity contribution in [2.24, 2.45) is 5.16 Å². The van der Waals surface area contributed by atoms with Crippen LogP contribution in [0.1, 0.15) is 10.4 Å². The second-order valence-electron chi connectivity index (χ2n) is 2.41. The molecule has 0 aliphatic heterocycles. The number of hydrogen-bond acceptors (Lipinski definition) is 5. The van der Waals surface area contributed by atoms with Crippen molar-refractivity contribution in [3.05, 3.63) is 39.9 Å². The van der Waals surface area contributed by atoms with Crippen LogP contribution in [0.3, 0.4) is 0 Å². The predicted octanol–water partition coefficient (Wildman–Crippen LogP) is 1.24. The maximum absolute atomic E-state index is 11.0. The maximum Gasteiger partial charge on any atom is 0.269 e. The van der Waals surface area contributed by atoms with Gasteiger partial charge in [0.05, 0.1) is 4.92 Å². The zero-order chi connectivity index (χ0) is 10.6. The molecule has 6 nitrogen and oxygen atoms in total. The maximum atomic E-state index is 11.0. The second-order valence-corrected chi connectivity index (χ2v) is 2.41. The van der Waals surface area contributed by atoms with Crippen LogP contribution in [0.2, 0.25) is 0 Å². The minimum Gasteiger partial charge on any atom is -0.411 e. The number of nitro groups is 1. The van der Waals surface area contributed by atoms with Crippen LogP contribution in [0, 0.1) is 10.1 Å². The first-order chi connectivity index (χ1) is 6.65. The molecule has 0 aliphatic rings. The van der Waals surface area contributed by atoms with E-state index in [4.69, 9.17) is 5.21 Å². The first-order valence-corrected chi connectivity index (χ1v) is 3.61. The fourth-order valence-electron chi connectivity index (χ4n) is 0.874. The number of nitro benzene ring substituents is 1. The van der Waals surface area contributed by atoms with Crippen molar-refractivity contribution in [2.75, 3.05) is 0 Å². The summed E-state index contributed by atoms with van der Waals surface area (Å²) in [6, 6.07) is 5.00. The molecule has 1 N–H and O–H groups in total. The molecular formula is C8H6N2O4. The number of ketones is 1. The summed E-state index contributed by atoms with van der Waals surface area (Å²) in [6.45, 7) is 0. The zero-order valence-electron chi connectivity index (χ0n) is 6.95. The average molecular weight is 194 g/mol. The minimum absolute atomic E-state index is 0.0949. The highest BCUT2D eigenvalue weighted by molar-refractivity contribution is 6.35. The smallest absolute Gasteiger partial charge is 0.269 e. The summed E-state index contributed by atoms with van der Waals surface area (Å²) in [5, 5.41) is 20.9. The Bertz CT molecular complexity index is 383. The van der Waals surface area contributed by atoms with E-state index in [9.17, 15) is 14.9 Å². The van der Waals surface area contributed by atoms with Crippen LogP contribution in [-0.4, -0.2) is 22.1 Å². The van der Waals surface area contributed by atoms with Crippen molar-refractivity contribution in [1.29, 1.82) is 0 Å². The molecule has 1 aromatic rings. The van der Waals surface area contributed by atoms with Crippen molar-refractivity contribution in [3.8, 4) is 0 Å². The molecule has 72 valence electrons. The number of carbonyl (C=O) groups excluding carboxylic acids is 1. The molecule has 0 atom stereocenters. The van der Waals surface area contributed by atoms with Gasteiger partial charge in [-0.1, -0.05) is 5.16 Å². The molecule has 0 aliphatic carbocycles. The molecule has 0 amide bonds. The molecule has 0 radical (unpaired) electrons. The summed E-state index contributed by atoms with van der Waals surface area (Å²) in [6.07, 6.45) is 0.723. The molecule has 0 aromatic heterocycles. The molecule has 0 fully saturated rings. The van der Waals surface area contributed by atoms with Crippen molar-refractivity contribution < 1.29 is 14.9 Å². The summed E-state index contributed by atoms with van der Waals surface area (Å²) < 4.78 is 0. The third-order valence-electron chi connectivity index (χ3n) is 1.54. The van der Waals surface area contributed by atoms with E-state index in [-0.39, 0.29) is 11.3 Å². The molecular weight excluding hydrogens is 188 g/mol. The Kier molecular flexibility index (Phi) is 2.90. The Morgan fingerprint density at radius 3 is 2.43 bits per heavy atom. The minimum atomic E-state index is -0.561. The molecule has 0 heterocycles. The van der Waals surface area contributed by atoms with Crippen LogP contribution in [0.25, 0.3) is 0 Å². The Morgan fingerprint density at radius 2 is 2.00 bits per heavy atom. The van der Waals surface area contributed by atoms with Crippen LogP contribution >= 0.6 is 0 Å². The SMILES string of the molecule is O=C(/C=N\O)c1ccc([N+](=O)[O-])cc1. The third kappa shape index (κ3) is 2.13. The van der Waals surface area contributed by atoms with Gasteiger partial charge in [0, 0.05) is 17.7 Å². The molecule has 0 saturated heterocycles. The summed E-state index contributed by atoms with van der Waals surface area (Å²) in [5.74, 6) is -0.512. The zero-order valence-corrected chi connectivity index (χ0v) is 6.95. The van der Waals surface area contributed by atoms with Crippen LogP contribution in [-0.2, 0) is 0 Å². The van der Waals surface area contributed by atoms with Crippen LogP contribution < -0.4 is 0 Å². The number of Topliss-reactive ketones (excluding diaryl/α,β-unsaturated/α-hetero) is 1. The number of benzene rings is 1. The molecule has 1 rings (SSSR count). The highest BCUT2D eigenvalue weighted by Gasteiger charge is 2.07. The van der Waals surface area contributed by atoms with E-state index in [0.717, 1.165) is 6.21 Å². The third-order valence-corrected chi connectivity index (χ3v) is 1.54. The van der Waals surface area contributed by atoms with Gasteiger partial charge in [-0.15, -0.1) is 0 Å². The van der Waals surface area contributed by atoms with E-state index in [0.29, 0.717) is 0 Å². The van der Waals surface area contributed by atoms with Gasteiger partial charge in [-0.2, -0.15) is 0 Å². The van der Waals surface area contributed by atoms with E-state index in [1.165, 1.54) is 24.3 Å². The van der Waals surface area contributed by atoms with Gasteiger partial charge < -0.3 is 5.21 Å². The van der Waals surface area contributed by atoms with E-state index in [1.807, 2.05) is 0 Å². The Hall–Kier alpha value is -2.24. The molecule has 14 heavy (non-hydrogen) atoms. The van der Waals surface area contributed by atoms with Gasteiger partial charge in [0.2, 0.25) is 5.78 Å². The monoisotopic (exact) mass is 194 g/mol. The number of rotatable bonds is 3. The van der Waals surface area contributed by atoms with Gasteiger partial charge >= 0.3 is 0 Å². The van der Waals surface area contributed by atoms with Gasteiger partial charge in [0.1, 0.15) is 6.21 Å². The molecule has 0 spiro atoms. The number of non-ortho nitro benzene ring substituents is 1. The lowest BCUT2D eigenvalue weighted by molar-refractivity contribution is -0.384. The Morgan fingerprint density at radius 1 is 1.43 bits per heavy atom. The van der Waals surface area contributed by atoms with Crippen molar-refractivity contribution in [1.82, 2.24) is 0 Å². The standard InChI is InChI=1S/C8H6N2O4/c11-8(5-9-12)6-1-3-7(4-2-6)10(13)14/h1-5,12H/b9-5-. The molecule has 6 heteroatoms. The average Bonchev–Trinajstić information content (AvgIpc) is 2.18. The lowest BCUT2D eigenvalue weighted by Crippen LogP contribution is -2.00. The van der Waals surface area contributed by atoms with Crippen LogP contribution in [0.15, 0.2) is 29.4 Å². The van der Waals surface area contributed by atoms with Gasteiger partial charge in [-0.3, -0.25) is 14.9 Å². The van der Waals surface area contributed by atoms with Crippen LogP contribution in [0.4, 0.5) is 5.69 Å². The van der Waals surface area contributed by atoms with E-state index in [2.05, 4.69) is 5.16 Å². The molecule has 1 aromatic carbocycles. The highest BCUT2D eigenvalue weighted by Crippen LogP contribution is 2.11. The fourth-order valence-corrected chi connectivity index (χ4v) is 0.874. The lowest BCUT2D eigenvalue weighted by atomic mass is 10.1. The Balaban J connectivity index is 2.94. The van der Waals surface area contributed by atoms with Gasteiger partial charge in [0.25, 0.3) is 5.69 Å². The van der Waals surface area contributed by atoms with Crippen molar-refractivity contribution >= 4 is 17.7 Å². The predicted molar refractivity (Wildman–Crippen MR) is 47.7 cm³/mol. The van der Waals surface area contributed by atoms with Gasteiger partial charge in [-0.05, 0) is 12.1 Å². The fraction of sp³-hybridized carbons (Fsp3) is 0. The van der Waals surface area contributed by atoms with E-state index in [1.54, 1.807) is 0 Å². The summed E-state index contributed by atoms with van der Waals surface area (Å²) in [4.78, 5) is 20.7. The van der Waals surface area contributed by atoms with Crippen molar-refractivity contribution in [3.63, 3.8) is 0 Å². The number of oxime groups is 1. The normalized spacial score (nSPS) is 10.3. The van der Waals surface area contributed by atoms with Crippen molar-refractivity contribution in [2.45, 2.75) is 0 Å². The van der Waals surface area contributed by atoms with Gasteiger partial charge in [-0.25, -0.2) is 0 Å². The highest BCUT2D eigenvalue weighted by atomic mass is 16.6.